The van der Waals surface area contributed by atoms with Gasteiger partial charge in [-0.15, -0.1) is 0 Å². The van der Waals surface area contributed by atoms with Gasteiger partial charge < -0.3 is 10.6 Å². The number of rotatable bonds is 6. The van der Waals surface area contributed by atoms with Crippen LogP contribution in [0.25, 0.3) is 0 Å². The van der Waals surface area contributed by atoms with Crippen molar-refractivity contribution in [2.75, 3.05) is 5.32 Å². The Kier molecular flexibility index (Phi) is 6.32. The SMILES string of the molecule is O=C(NCc1cccnc1)Nc1ccc(S(=O)(=O)Cc2cccc3c2CCCC3=O)cc1. The molecule has 2 amide bonds. The van der Waals surface area contributed by atoms with E-state index in [0.717, 1.165) is 17.5 Å². The Morgan fingerprint density at radius 3 is 2.56 bits per heavy atom. The van der Waals surface area contributed by atoms with Gasteiger partial charge in [0.1, 0.15) is 0 Å². The maximum atomic E-state index is 13.0. The van der Waals surface area contributed by atoms with Crippen LogP contribution in [0, 0.1) is 0 Å². The van der Waals surface area contributed by atoms with Crippen LogP contribution in [-0.2, 0) is 28.6 Å². The standard InChI is InChI=1S/C24H23N3O4S/c28-23-8-2-6-21-18(5-1-7-22(21)23)16-32(30,31)20-11-9-19(10-12-20)27-24(29)26-15-17-4-3-13-25-14-17/h1,3-5,7,9-14H,2,6,8,15-16H2,(H2,26,27,29). The topological polar surface area (TPSA) is 105 Å². The third kappa shape index (κ3) is 5.03. The highest BCUT2D eigenvalue weighted by molar-refractivity contribution is 7.90. The van der Waals surface area contributed by atoms with Crippen molar-refractivity contribution in [3.05, 3.63) is 89.2 Å². The van der Waals surface area contributed by atoms with Crippen LogP contribution >= 0.6 is 0 Å². The number of amides is 2. The number of Topliss-reactive ketones (excluding diaryl/α,β-unsaturated/α-hetero) is 1. The van der Waals surface area contributed by atoms with Crippen molar-refractivity contribution < 1.29 is 18.0 Å². The first-order valence-corrected chi connectivity index (χ1v) is 12.0. The molecule has 4 rings (SSSR count). The molecule has 1 aliphatic carbocycles. The number of hydrogen-bond donors (Lipinski definition) is 2. The second-order valence-corrected chi connectivity index (χ2v) is 9.66. The van der Waals surface area contributed by atoms with E-state index in [-0.39, 0.29) is 16.4 Å². The highest BCUT2D eigenvalue weighted by Crippen LogP contribution is 2.27. The van der Waals surface area contributed by atoms with Crippen molar-refractivity contribution in [3.8, 4) is 0 Å². The van der Waals surface area contributed by atoms with Crippen LogP contribution in [0.1, 0.15) is 39.9 Å². The van der Waals surface area contributed by atoms with Crippen molar-refractivity contribution in [1.82, 2.24) is 10.3 Å². The summed E-state index contributed by atoms with van der Waals surface area (Å²) in [5, 5.41) is 5.41. The van der Waals surface area contributed by atoms with E-state index in [2.05, 4.69) is 15.6 Å². The van der Waals surface area contributed by atoms with Crippen molar-refractivity contribution >= 4 is 27.3 Å². The van der Waals surface area contributed by atoms with Gasteiger partial charge in [0, 0.05) is 36.6 Å². The Balaban J connectivity index is 1.42. The van der Waals surface area contributed by atoms with Crippen molar-refractivity contribution in [2.24, 2.45) is 0 Å². The summed E-state index contributed by atoms with van der Waals surface area (Å²) >= 11 is 0. The van der Waals surface area contributed by atoms with Crippen LogP contribution in [0.2, 0.25) is 0 Å². The molecule has 7 nitrogen and oxygen atoms in total. The van der Waals surface area contributed by atoms with E-state index in [1.165, 1.54) is 12.1 Å². The molecule has 3 aromatic rings. The molecule has 0 unspecified atom stereocenters. The van der Waals surface area contributed by atoms with E-state index < -0.39 is 15.9 Å². The average Bonchev–Trinajstić information content (AvgIpc) is 2.79. The second-order valence-electron chi connectivity index (χ2n) is 7.67. The fourth-order valence-corrected chi connectivity index (χ4v) is 5.18. The minimum atomic E-state index is -3.60. The summed E-state index contributed by atoms with van der Waals surface area (Å²) in [6, 6.07) is 14.6. The first kappa shape index (κ1) is 21.7. The summed E-state index contributed by atoms with van der Waals surface area (Å²) in [5.74, 6) is -0.0929. The predicted octanol–water partition coefficient (Wildman–Crippen LogP) is 3.90. The molecule has 2 N–H and O–H groups in total. The smallest absolute Gasteiger partial charge is 0.319 e. The first-order valence-electron chi connectivity index (χ1n) is 10.3. The van der Waals surface area contributed by atoms with Gasteiger partial charge in [0.2, 0.25) is 0 Å². The number of hydrogen-bond acceptors (Lipinski definition) is 5. The number of nitrogens with zero attached hydrogens (tertiary/aromatic N) is 1. The molecule has 0 saturated carbocycles. The number of carbonyl (C=O) groups is 2. The number of benzene rings is 2. The Hall–Kier alpha value is -3.52. The van der Waals surface area contributed by atoms with Gasteiger partial charge >= 0.3 is 6.03 Å². The van der Waals surface area contributed by atoms with Crippen LogP contribution in [0.15, 0.2) is 71.9 Å². The fraction of sp³-hybridized carbons (Fsp3) is 0.208. The number of fused-ring (bicyclic) bond motifs is 1. The lowest BCUT2D eigenvalue weighted by Gasteiger charge is -2.18. The number of sulfone groups is 1. The Bertz CT molecular complexity index is 1240. The number of anilines is 1. The molecule has 0 atom stereocenters. The molecule has 8 heteroatoms. The maximum Gasteiger partial charge on any atom is 0.319 e. The van der Waals surface area contributed by atoms with Gasteiger partial charge in [0.25, 0.3) is 0 Å². The molecule has 1 aromatic heterocycles. The zero-order chi connectivity index (χ0) is 22.6. The average molecular weight is 450 g/mol. The predicted molar refractivity (Wildman–Crippen MR) is 121 cm³/mol. The summed E-state index contributed by atoms with van der Waals surface area (Å²) in [6.45, 7) is 0.329. The van der Waals surface area contributed by atoms with E-state index in [1.807, 2.05) is 6.07 Å². The maximum absolute atomic E-state index is 13.0. The number of urea groups is 1. The summed E-state index contributed by atoms with van der Waals surface area (Å²) in [7, 11) is -3.60. The molecule has 164 valence electrons. The van der Waals surface area contributed by atoms with Crippen molar-refractivity contribution in [1.29, 1.82) is 0 Å². The fourth-order valence-electron chi connectivity index (χ4n) is 3.78. The monoisotopic (exact) mass is 449 g/mol. The summed E-state index contributed by atoms with van der Waals surface area (Å²) < 4.78 is 25.9. The highest BCUT2D eigenvalue weighted by atomic mass is 32.2. The molecule has 0 spiro atoms. The van der Waals surface area contributed by atoms with Crippen molar-refractivity contribution in [3.63, 3.8) is 0 Å². The Morgan fingerprint density at radius 1 is 1.00 bits per heavy atom. The quantitative estimate of drug-likeness (QED) is 0.594. The molecule has 0 fully saturated rings. The number of ketones is 1. The largest absolute Gasteiger partial charge is 0.334 e. The molecule has 1 heterocycles. The second kappa shape index (κ2) is 9.32. The van der Waals surface area contributed by atoms with Gasteiger partial charge in [-0.2, -0.15) is 0 Å². The third-order valence-electron chi connectivity index (χ3n) is 5.40. The molecule has 0 radical (unpaired) electrons. The van der Waals surface area contributed by atoms with E-state index in [0.29, 0.717) is 36.2 Å². The van der Waals surface area contributed by atoms with Gasteiger partial charge in [-0.25, -0.2) is 13.2 Å². The van der Waals surface area contributed by atoms with E-state index in [9.17, 15) is 18.0 Å². The van der Waals surface area contributed by atoms with Gasteiger partial charge in [0.15, 0.2) is 15.6 Å². The van der Waals surface area contributed by atoms with Crippen LogP contribution in [0.5, 0.6) is 0 Å². The van der Waals surface area contributed by atoms with E-state index in [4.69, 9.17) is 0 Å². The lowest BCUT2D eigenvalue weighted by molar-refractivity contribution is 0.0972. The normalized spacial score (nSPS) is 13.3. The number of aromatic nitrogens is 1. The van der Waals surface area contributed by atoms with Crippen LogP contribution in [-0.4, -0.2) is 25.2 Å². The number of pyridine rings is 1. The van der Waals surface area contributed by atoms with Crippen LogP contribution in [0.4, 0.5) is 10.5 Å². The zero-order valence-electron chi connectivity index (χ0n) is 17.4. The van der Waals surface area contributed by atoms with Crippen molar-refractivity contribution in [2.45, 2.75) is 36.5 Å². The lowest BCUT2D eigenvalue weighted by atomic mass is 9.88. The zero-order valence-corrected chi connectivity index (χ0v) is 18.2. The first-order chi connectivity index (χ1) is 15.4. The summed E-state index contributed by atoms with van der Waals surface area (Å²) in [4.78, 5) is 28.4. The van der Waals surface area contributed by atoms with Crippen LogP contribution in [0.3, 0.4) is 0 Å². The number of nitrogens with one attached hydrogen (secondary N) is 2. The van der Waals surface area contributed by atoms with Gasteiger partial charge in [-0.05, 0) is 59.9 Å². The van der Waals surface area contributed by atoms with Gasteiger partial charge in [0.05, 0.1) is 10.6 Å². The van der Waals surface area contributed by atoms with Gasteiger partial charge in [-0.3, -0.25) is 9.78 Å². The summed E-state index contributed by atoms with van der Waals surface area (Å²) in [5.41, 5.74) is 3.51. The third-order valence-corrected chi connectivity index (χ3v) is 7.08. The molecule has 0 aliphatic heterocycles. The molecule has 0 saturated heterocycles. The van der Waals surface area contributed by atoms with Crippen LogP contribution < -0.4 is 10.6 Å². The van der Waals surface area contributed by atoms with E-state index >= 15 is 0 Å². The molecular weight excluding hydrogens is 426 g/mol. The number of carbonyl (C=O) groups excluding carboxylic acids is 2. The highest BCUT2D eigenvalue weighted by Gasteiger charge is 2.23. The lowest BCUT2D eigenvalue weighted by Crippen LogP contribution is -2.28. The van der Waals surface area contributed by atoms with Gasteiger partial charge in [-0.1, -0.05) is 24.3 Å². The van der Waals surface area contributed by atoms with E-state index in [1.54, 1.807) is 48.8 Å². The Morgan fingerprint density at radius 2 is 1.81 bits per heavy atom. The molecule has 2 aromatic carbocycles. The molecule has 0 bridgehead atoms. The Labute approximate surface area is 186 Å². The minimum Gasteiger partial charge on any atom is -0.334 e. The molecule has 1 aliphatic rings. The molecular formula is C24H23N3O4S. The summed E-state index contributed by atoms with van der Waals surface area (Å²) in [6.07, 6.45) is 5.29. The minimum absolute atomic E-state index is 0.0720. The molecule has 32 heavy (non-hydrogen) atoms.